The standard InChI is InChI=1S/C22H23N5OS/c1-4-28-18-11-9-17(10-12-18)27-21(23)20(25-26-27)22-24-19(13-29-22)16-7-5-15(6-8-16)14(2)3/h5-14H,4,23H2,1-3H3. The zero-order valence-corrected chi connectivity index (χ0v) is 17.5. The number of ether oxygens (including phenoxy) is 1. The maximum atomic E-state index is 6.34. The smallest absolute Gasteiger partial charge is 0.165 e. The van der Waals surface area contributed by atoms with Crippen LogP contribution in [0.4, 0.5) is 5.82 Å². The first-order valence-electron chi connectivity index (χ1n) is 9.57. The van der Waals surface area contributed by atoms with Crippen LogP contribution in [0.15, 0.2) is 53.9 Å². The van der Waals surface area contributed by atoms with Gasteiger partial charge in [0.15, 0.2) is 11.5 Å². The molecule has 0 aliphatic heterocycles. The van der Waals surface area contributed by atoms with Crippen molar-refractivity contribution in [3.8, 4) is 33.4 Å². The molecule has 4 aromatic rings. The third kappa shape index (κ3) is 3.86. The summed E-state index contributed by atoms with van der Waals surface area (Å²) in [6.45, 7) is 6.96. The summed E-state index contributed by atoms with van der Waals surface area (Å²) in [6, 6.07) is 16.1. The molecule has 0 spiro atoms. The third-order valence-corrected chi connectivity index (χ3v) is 5.53. The lowest BCUT2D eigenvalue weighted by Gasteiger charge is -2.06. The number of nitrogen functional groups attached to an aromatic ring is 1. The lowest BCUT2D eigenvalue weighted by Crippen LogP contribution is -2.02. The van der Waals surface area contributed by atoms with Gasteiger partial charge in [0, 0.05) is 10.9 Å². The molecule has 0 atom stereocenters. The van der Waals surface area contributed by atoms with Crippen molar-refractivity contribution >= 4 is 17.2 Å². The molecule has 4 rings (SSSR count). The minimum Gasteiger partial charge on any atom is -0.494 e. The topological polar surface area (TPSA) is 78.8 Å². The molecule has 2 heterocycles. The fourth-order valence-corrected chi connectivity index (χ4v) is 3.86. The molecule has 0 aliphatic carbocycles. The van der Waals surface area contributed by atoms with Gasteiger partial charge in [0.2, 0.25) is 0 Å². The number of anilines is 1. The van der Waals surface area contributed by atoms with Crippen molar-refractivity contribution < 1.29 is 4.74 Å². The van der Waals surface area contributed by atoms with Gasteiger partial charge < -0.3 is 10.5 Å². The number of aromatic nitrogens is 4. The maximum Gasteiger partial charge on any atom is 0.165 e. The second-order valence-corrected chi connectivity index (χ2v) is 7.83. The summed E-state index contributed by atoms with van der Waals surface area (Å²) in [5, 5.41) is 11.3. The minimum absolute atomic E-state index is 0.463. The van der Waals surface area contributed by atoms with Gasteiger partial charge in [-0.05, 0) is 42.7 Å². The highest BCUT2D eigenvalue weighted by Gasteiger charge is 2.17. The number of nitrogens with zero attached hydrogens (tertiary/aromatic N) is 4. The highest BCUT2D eigenvalue weighted by Crippen LogP contribution is 2.32. The molecule has 2 N–H and O–H groups in total. The van der Waals surface area contributed by atoms with Crippen molar-refractivity contribution in [3.05, 3.63) is 59.5 Å². The zero-order valence-electron chi connectivity index (χ0n) is 16.7. The van der Waals surface area contributed by atoms with Crippen LogP contribution in [0.1, 0.15) is 32.3 Å². The number of thiazole rings is 1. The second-order valence-electron chi connectivity index (χ2n) is 6.98. The fraction of sp³-hybridized carbons (Fsp3) is 0.227. The predicted molar refractivity (Wildman–Crippen MR) is 118 cm³/mol. The Balaban J connectivity index is 1.60. The first kappa shape index (κ1) is 19.1. The van der Waals surface area contributed by atoms with E-state index in [0.717, 1.165) is 27.7 Å². The first-order valence-corrected chi connectivity index (χ1v) is 10.5. The predicted octanol–water partition coefficient (Wildman–Crippen LogP) is 5.16. The van der Waals surface area contributed by atoms with Gasteiger partial charge in [-0.25, -0.2) is 4.98 Å². The van der Waals surface area contributed by atoms with E-state index in [2.05, 4.69) is 48.4 Å². The summed E-state index contributed by atoms with van der Waals surface area (Å²) in [7, 11) is 0. The van der Waals surface area contributed by atoms with Crippen LogP contribution in [0.5, 0.6) is 5.75 Å². The number of benzene rings is 2. The van der Waals surface area contributed by atoms with Crippen molar-refractivity contribution in [3.63, 3.8) is 0 Å². The summed E-state index contributed by atoms with van der Waals surface area (Å²) < 4.78 is 7.10. The van der Waals surface area contributed by atoms with Crippen LogP contribution in [-0.4, -0.2) is 26.6 Å². The fourth-order valence-electron chi connectivity index (χ4n) is 3.04. The highest BCUT2D eigenvalue weighted by molar-refractivity contribution is 7.13. The minimum atomic E-state index is 0.463. The van der Waals surface area contributed by atoms with Gasteiger partial charge in [0.1, 0.15) is 10.8 Å². The monoisotopic (exact) mass is 405 g/mol. The summed E-state index contributed by atoms with van der Waals surface area (Å²) in [4.78, 5) is 4.73. The summed E-state index contributed by atoms with van der Waals surface area (Å²) >= 11 is 1.51. The molecule has 0 radical (unpaired) electrons. The van der Waals surface area contributed by atoms with Crippen LogP contribution in [0.3, 0.4) is 0 Å². The summed E-state index contributed by atoms with van der Waals surface area (Å²) in [5.74, 6) is 1.78. The molecule has 29 heavy (non-hydrogen) atoms. The van der Waals surface area contributed by atoms with Crippen LogP contribution in [0.2, 0.25) is 0 Å². The Bertz CT molecular complexity index is 1100. The van der Waals surface area contributed by atoms with E-state index >= 15 is 0 Å². The average molecular weight is 406 g/mol. The van der Waals surface area contributed by atoms with Crippen LogP contribution in [0, 0.1) is 0 Å². The van der Waals surface area contributed by atoms with Crippen molar-refractivity contribution in [2.24, 2.45) is 0 Å². The van der Waals surface area contributed by atoms with E-state index in [9.17, 15) is 0 Å². The van der Waals surface area contributed by atoms with Crippen molar-refractivity contribution in [1.82, 2.24) is 20.0 Å². The summed E-state index contributed by atoms with van der Waals surface area (Å²) in [5.41, 5.74) is 11.1. The molecule has 148 valence electrons. The number of nitrogens with two attached hydrogens (primary N) is 1. The van der Waals surface area contributed by atoms with Gasteiger partial charge in [-0.15, -0.1) is 16.4 Å². The molecule has 0 saturated carbocycles. The average Bonchev–Trinajstić information content (AvgIpc) is 3.36. The normalized spacial score (nSPS) is 11.2. The van der Waals surface area contributed by atoms with Gasteiger partial charge in [0.25, 0.3) is 0 Å². The Kier molecular flexibility index (Phi) is 5.31. The van der Waals surface area contributed by atoms with Crippen molar-refractivity contribution in [2.75, 3.05) is 12.3 Å². The van der Waals surface area contributed by atoms with Crippen LogP contribution in [0.25, 0.3) is 27.6 Å². The number of hydrogen-bond acceptors (Lipinski definition) is 6. The van der Waals surface area contributed by atoms with Crippen LogP contribution in [-0.2, 0) is 0 Å². The van der Waals surface area contributed by atoms with Gasteiger partial charge >= 0.3 is 0 Å². The molecule has 0 unspecified atom stereocenters. The molecular formula is C22H23N5OS. The molecular weight excluding hydrogens is 382 g/mol. The quantitative estimate of drug-likeness (QED) is 0.479. The molecule has 2 aromatic carbocycles. The Hall–Kier alpha value is -3.19. The Morgan fingerprint density at radius 1 is 1.07 bits per heavy atom. The van der Waals surface area contributed by atoms with E-state index in [1.807, 2.05) is 36.6 Å². The van der Waals surface area contributed by atoms with E-state index in [1.165, 1.54) is 16.9 Å². The number of hydrogen-bond donors (Lipinski definition) is 1. The molecule has 7 heteroatoms. The third-order valence-electron chi connectivity index (χ3n) is 4.68. The van der Waals surface area contributed by atoms with Crippen molar-refractivity contribution in [2.45, 2.75) is 26.7 Å². The van der Waals surface area contributed by atoms with Crippen molar-refractivity contribution in [1.29, 1.82) is 0 Å². The Morgan fingerprint density at radius 2 is 1.79 bits per heavy atom. The molecule has 0 fully saturated rings. The molecule has 2 aromatic heterocycles. The Labute approximate surface area is 174 Å². The summed E-state index contributed by atoms with van der Waals surface area (Å²) in [6.07, 6.45) is 0. The van der Waals surface area contributed by atoms with Crippen LogP contribution < -0.4 is 10.5 Å². The zero-order chi connectivity index (χ0) is 20.4. The van der Waals surface area contributed by atoms with Gasteiger partial charge in [-0.2, -0.15) is 4.68 Å². The largest absolute Gasteiger partial charge is 0.494 e. The van der Waals surface area contributed by atoms with E-state index in [4.69, 9.17) is 15.5 Å². The van der Waals surface area contributed by atoms with Gasteiger partial charge in [-0.3, -0.25) is 0 Å². The lowest BCUT2D eigenvalue weighted by atomic mass is 10.0. The van der Waals surface area contributed by atoms with Crippen LogP contribution >= 0.6 is 11.3 Å². The van der Waals surface area contributed by atoms with E-state index in [1.54, 1.807) is 4.68 Å². The highest BCUT2D eigenvalue weighted by atomic mass is 32.1. The molecule has 0 saturated heterocycles. The second kappa shape index (κ2) is 8.05. The molecule has 0 bridgehead atoms. The van der Waals surface area contributed by atoms with Gasteiger partial charge in [-0.1, -0.05) is 43.3 Å². The van der Waals surface area contributed by atoms with E-state index in [-0.39, 0.29) is 0 Å². The molecule has 0 amide bonds. The molecule has 6 nitrogen and oxygen atoms in total. The SMILES string of the molecule is CCOc1ccc(-n2nnc(-c3nc(-c4ccc(C(C)C)cc4)cs3)c2N)cc1. The number of rotatable bonds is 6. The maximum absolute atomic E-state index is 6.34. The first-order chi connectivity index (χ1) is 14.1. The Morgan fingerprint density at radius 3 is 2.45 bits per heavy atom. The van der Waals surface area contributed by atoms with E-state index < -0.39 is 0 Å². The molecule has 0 aliphatic rings. The lowest BCUT2D eigenvalue weighted by molar-refractivity contribution is 0.340. The van der Waals surface area contributed by atoms with E-state index in [0.29, 0.717) is 24.0 Å². The van der Waals surface area contributed by atoms with Gasteiger partial charge in [0.05, 0.1) is 18.0 Å².